The number of aliphatic imine (C=N–C) groups is 1. The highest BCUT2D eigenvalue weighted by Crippen LogP contribution is 2.36. The van der Waals surface area contributed by atoms with Crippen molar-refractivity contribution in [1.29, 1.82) is 0 Å². The first kappa shape index (κ1) is 21.6. The van der Waals surface area contributed by atoms with Crippen LogP contribution in [0.25, 0.3) is 10.9 Å². The van der Waals surface area contributed by atoms with Crippen molar-refractivity contribution in [3.63, 3.8) is 0 Å². The number of benzene rings is 2. The number of imide groups is 1. The van der Waals surface area contributed by atoms with Crippen LogP contribution in [0, 0.1) is 6.92 Å². The second-order valence-corrected chi connectivity index (χ2v) is 9.01. The van der Waals surface area contributed by atoms with Crippen LogP contribution < -0.4 is 5.32 Å². The van der Waals surface area contributed by atoms with Gasteiger partial charge in [-0.2, -0.15) is 0 Å². The summed E-state index contributed by atoms with van der Waals surface area (Å²) < 4.78 is 2.31. The molecule has 2 aliphatic heterocycles. The summed E-state index contributed by atoms with van der Waals surface area (Å²) in [5.74, 6) is -1.41. The van der Waals surface area contributed by atoms with Crippen molar-refractivity contribution in [3.05, 3.63) is 65.9 Å². The molecule has 0 radical (unpaired) electrons. The van der Waals surface area contributed by atoms with E-state index >= 15 is 0 Å². The molecule has 5 rings (SSSR count). The highest BCUT2D eigenvalue weighted by molar-refractivity contribution is 6.52. The maximum absolute atomic E-state index is 13.0. The molecule has 1 atom stereocenters. The number of likely N-dealkylation sites (tertiary alicyclic amines) is 1. The van der Waals surface area contributed by atoms with Gasteiger partial charge < -0.3 is 9.47 Å². The Bertz CT molecular complexity index is 1210. The first-order valence-corrected chi connectivity index (χ1v) is 11.9. The van der Waals surface area contributed by atoms with Crippen molar-refractivity contribution >= 4 is 34.1 Å². The smallest absolute Gasteiger partial charge is 0.273 e. The van der Waals surface area contributed by atoms with Gasteiger partial charge in [-0.25, -0.2) is 4.99 Å². The Hall–Kier alpha value is -3.25. The van der Waals surface area contributed by atoms with Crippen LogP contribution in [0.4, 0.5) is 5.69 Å². The number of hydrogen-bond acceptors (Lipinski definition) is 4. The van der Waals surface area contributed by atoms with Crippen LogP contribution in [0.15, 0.2) is 59.6 Å². The molecule has 0 saturated carbocycles. The molecule has 2 fully saturated rings. The number of aromatic nitrogens is 1. The lowest BCUT2D eigenvalue weighted by Gasteiger charge is -2.26. The van der Waals surface area contributed by atoms with E-state index in [9.17, 15) is 9.59 Å². The van der Waals surface area contributed by atoms with Gasteiger partial charge in [0, 0.05) is 23.1 Å². The third-order valence-corrected chi connectivity index (χ3v) is 6.88. The molecule has 0 aliphatic carbocycles. The summed E-state index contributed by atoms with van der Waals surface area (Å²) in [4.78, 5) is 32.8. The first-order chi connectivity index (χ1) is 16.1. The van der Waals surface area contributed by atoms with Crippen LogP contribution in [0.1, 0.15) is 42.9 Å². The Balaban J connectivity index is 1.51. The number of para-hydroxylation sites is 2. The van der Waals surface area contributed by atoms with Crippen molar-refractivity contribution < 1.29 is 9.59 Å². The van der Waals surface area contributed by atoms with E-state index in [1.54, 1.807) is 0 Å². The standard InChI is InChI=1S/C27H30N4O2/c1-19-23(24-25(27(33)29-26(24)32)28-20-11-4-2-5-12-20)21-13-6-7-14-22(21)31(19)18-10-17-30-15-8-3-9-16-30/h2,4-7,11-14,24H,3,8-10,15-18H2,1H3,(H,29,32,33). The minimum Gasteiger partial charge on any atom is -0.345 e. The van der Waals surface area contributed by atoms with Gasteiger partial charge in [0.1, 0.15) is 11.6 Å². The summed E-state index contributed by atoms with van der Waals surface area (Å²) in [6.45, 7) is 6.42. The SMILES string of the molecule is Cc1c(C2C(=O)NC(=O)C2=Nc2ccccc2)c2ccccc2n1CCCN1CCCCC1. The van der Waals surface area contributed by atoms with E-state index in [-0.39, 0.29) is 11.6 Å². The number of carbonyl (C=O) groups excluding carboxylic acids is 2. The number of aryl methyl sites for hydroxylation is 1. The van der Waals surface area contributed by atoms with Gasteiger partial charge in [0.15, 0.2) is 0 Å². The number of rotatable bonds is 6. The minimum absolute atomic E-state index is 0.269. The van der Waals surface area contributed by atoms with Crippen LogP contribution in [0.3, 0.4) is 0 Å². The molecule has 0 spiro atoms. The lowest BCUT2D eigenvalue weighted by Crippen LogP contribution is -2.31. The Kier molecular flexibility index (Phi) is 6.09. The fourth-order valence-corrected chi connectivity index (χ4v) is 5.27. The van der Waals surface area contributed by atoms with E-state index in [4.69, 9.17) is 0 Å². The van der Waals surface area contributed by atoms with Crippen molar-refractivity contribution in [2.75, 3.05) is 19.6 Å². The monoisotopic (exact) mass is 442 g/mol. The Morgan fingerprint density at radius 2 is 1.67 bits per heavy atom. The largest absolute Gasteiger partial charge is 0.345 e. The molecule has 6 heteroatoms. The van der Waals surface area contributed by atoms with Gasteiger partial charge in [-0.05, 0) is 69.6 Å². The maximum Gasteiger partial charge on any atom is 0.273 e. The number of piperidine rings is 1. The van der Waals surface area contributed by atoms with E-state index < -0.39 is 11.8 Å². The summed E-state index contributed by atoms with van der Waals surface area (Å²) >= 11 is 0. The van der Waals surface area contributed by atoms with Gasteiger partial charge in [-0.15, -0.1) is 0 Å². The first-order valence-electron chi connectivity index (χ1n) is 11.9. The van der Waals surface area contributed by atoms with E-state index in [0.29, 0.717) is 5.69 Å². The highest BCUT2D eigenvalue weighted by atomic mass is 16.2. The quantitative estimate of drug-likeness (QED) is 0.578. The average Bonchev–Trinajstić information content (AvgIpc) is 3.26. The molecule has 170 valence electrons. The lowest BCUT2D eigenvalue weighted by molar-refractivity contribution is -0.124. The van der Waals surface area contributed by atoms with E-state index in [2.05, 4.69) is 38.8 Å². The van der Waals surface area contributed by atoms with Gasteiger partial charge in [-0.3, -0.25) is 14.9 Å². The number of hydrogen-bond donors (Lipinski definition) is 1. The normalized spacial score (nSPS) is 20.6. The lowest BCUT2D eigenvalue weighted by atomic mass is 9.93. The van der Waals surface area contributed by atoms with Crippen LogP contribution in [-0.2, 0) is 16.1 Å². The third kappa shape index (κ3) is 4.23. The van der Waals surface area contributed by atoms with Crippen LogP contribution in [-0.4, -0.2) is 46.6 Å². The minimum atomic E-state index is -0.703. The number of carbonyl (C=O) groups is 2. The number of amides is 2. The Morgan fingerprint density at radius 1 is 0.939 bits per heavy atom. The zero-order chi connectivity index (χ0) is 22.8. The molecule has 3 heterocycles. The molecule has 0 bridgehead atoms. The second-order valence-electron chi connectivity index (χ2n) is 9.01. The molecule has 1 aromatic heterocycles. The summed E-state index contributed by atoms with van der Waals surface area (Å²) in [6.07, 6.45) is 4.99. The predicted molar refractivity (Wildman–Crippen MR) is 131 cm³/mol. The number of nitrogens with zero attached hydrogens (tertiary/aromatic N) is 3. The molecule has 2 aliphatic rings. The molecule has 33 heavy (non-hydrogen) atoms. The zero-order valence-corrected chi connectivity index (χ0v) is 19.1. The molecule has 1 unspecified atom stereocenters. The molecular weight excluding hydrogens is 412 g/mol. The van der Waals surface area contributed by atoms with Crippen LogP contribution >= 0.6 is 0 Å². The fraction of sp³-hybridized carbons (Fsp3) is 0.370. The van der Waals surface area contributed by atoms with Crippen LogP contribution in [0.5, 0.6) is 0 Å². The van der Waals surface area contributed by atoms with Crippen molar-refractivity contribution in [2.45, 2.75) is 45.1 Å². The fourth-order valence-electron chi connectivity index (χ4n) is 5.27. The van der Waals surface area contributed by atoms with Gasteiger partial charge in [-0.1, -0.05) is 42.8 Å². The van der Waals surface area contributed by atoms with Gasteiger partial charge in [0.05, 0.1) is 5.69 Å². The van der Waals surface area contributed by atoms with Gasteiger partial charge in [0.25, 0.3) is 5.91 Å². The summed E-state index contributed by atoms with van der Waals surface area (Å²) in [6, 6.07) is 17.5. The number of fused-ring (bicyclic) bond motifs is 1. The average molecular weight is 443 g/mol. The van der Waals surface area contributed by atoms with E-state index in [1.165, 1.54) is 32.4 Å². The summed E-state index contributed by atoms with van der Waals surface area (Å²) in [5.41, 5.74) is 3.97. The Morgan fingerprint density at radius 3 is 2.45 bits per heavy atom. The summed E-state index contributed by atoms with van der Waals surface area (Å²) in [7, 11) is 0. The third-order valence-electron chi connectivity index (χ3n) is 6.88. The zero-order valence-electron chi connectivity index (χ0n) is 19.1. The van der Waals surface area contributed by atoms with Crippen molar-refractivity contribution in [2.24, 2.45) is 4.99 Å². The summed E-state index contributed by atoms with van der Waals surface area (Å²) in [5, 5.41) is 3.52. The molecule has 2 amide bonds. The predicted octanol–water partition coefficient (Wildman–Crippen LogP) is 4.34. The van der Waals surface area contributed by atoms with Crippen molar-refractivity contribution in [3.8, 4) is 0 Å². The van der Waals surface area contributed by atoms with Gasteiger partial charge >= 0.3 is 0 Å². The van der Waals surface area contributed by atoms with E-state index in [1.807, 2.05) is 42.5 Å². The molecular formula is C27H30N4O2. The topological polar surface area (TPSA) is 66.7 Å². The maximum atomic E-state index is 13.0. The molecule has 6 nitrogen and oxygen atoms in total. The molecule has 2 saturated heterocycles. The van der Waals surface area contributed by atoms with Crippen molar-refractivity contribution in [1.82, 2.24) is 14.8 Å². The molecule has 1 N–H and O–H groups in total. The number of nitrogens with one attached hydrogen (secondary N) is 1. The highest BCUT2D eigenvalue weighted by Gasteiger charge is 2.42. The second kappa shape index (κ2) is 9.32. The Labute approximate surface area is 194 Å². The molecule has 2 aromatic carbocycles. The van der Waals surface area contributed by atoms with Gasteiger partial charge in [0.2, 0.25) is 5.91 Å². The van der Waals surface area contributed by atoms with E-state index in [0.717, 1.165) is 41.7 Å². The molecule has 3 aromatic rings. The van der Waals surface area contributed by atoms with Crippen LogP contribution in [0.2, 0.25) is 0 Å².